The number of carbonyl (C=O) groups excluding carboxylic acids is 1. The van der Waals surface area contributed by atoms with Crippen molar-refractivity contribution in [2.75, 3.05) is 32.3 Å². The Morgan fingerprint density at radius 2 is 1.46 bits per heavy atom. The first-order valence-electron chi connectivity index (χ1n) is 15.7. The van der Waals surface area contributed by atoms with Gasteiger partial charge in [-0.25, -0.2) is 18.4 Å². The minimum Gasteiger partial charge on any atom is -0.480 e. The monoisotopic (exact) mass is 712 g/mol. The van der Waals surface area contributed by atoms with Gasteiger partial charge in [0.05, 0.1) is 53.8 Å². The molecule has 5 rings (SSSR count). The third kappa shape index (κ3) is 8.41. The van der Waals surface area contributed by atoms with E-state index in [1.54, 1.807) is 26.4 Å². The summed E-state index contributed by atoms with van der Waals surface area (Å²) in [5.41, 5.74) is 5.06. The van der Waals surface area contributed by atoms with E-state index in [1.807, 2.05) is 36.4 Å². The fraction of sp³-hybridized carbons (Fsp3) is 0.382. The van der Waals surface area contributed by atoms with E-state index in [4.69, 9.17) is 37.7 Å². The van der Waals surface area contributed by atoms with Crippen molar-refractivity contribution in [2.45, 2.75) is 51.6 Å². The molecular weight excluding hydrogens is 675 g/mol. The molecule has 0 unspecified atom stereocenters. The number of halogens is 2. The smallest absolute Gasteiger partial charge is 0.237 e. The van der Waals surface area contributed by atoms with Crippen LogP contribution in [0.1, 0.15) is 44.0 Å². The molecule has 14 heteroatoms. The summed E-state index contributed by atoms with van der Waals surface area (Å²) >= 11 is 14.0. The molecule has 2 aromatic carbocycles. The molecular formula is C34H38Cl2N6O5S. The molecule has 11 nitrogen and oxygen atoms in total. The number of nitrogens with zero attached hydrogens (tertiary/aromatic N) is 4. The maximum absolute atomic E-state index is 11.8. The number of amides is 1. The molecule has 1 aliphatic heterocycles. The molecule has 0 aliphatic carbocycles. The predicted octanol–water partition coefficient (Wildman–Crippen LogP) is 5.72. The van der Waals surface area contributed by atoms with Crippen LogP contribution in [0, 0.1) is 0 Å². The number of aryl methyl sites for hydroxylation is 1. The van der Waals surface area contributed by atoms with Gasteiger partial charge in [0.15, 0.2) is 9.84 Å². The van der Waals surface area contributed by atoms with Gasteiger partial charge in [-0.1, -0.05) is 66.5 Å². The van der Waals surface area contributed by atoms with Gasteiger partial charge in [-0.2, -0.15) is 0 Å². The van der Waals surface area contributed by atoms with E-state index in [1.165, 1.54) is 7.11 Å². The highest BCUT2D eigenvalue weighted by Gasteiger charge is 2.22. The molecule has 1 atom stereocenters. The van der Waals surface area contributed by atoms with Crippen molar-refractivity contribution in [3.05, 3.63) is 70.2 Å². The maximum atomic E-state index is 11.8. The van der Waals surface area contributed by atoms with Gasteiger partial charge in [0.1, 0.15) is 11.4 Å². The second-order valence-electron chi connectivity index (χ2n) is 11.4. The molecule has 2 N–H and O–H groups in total. The Bertz CT molecular complexity index is 1890. The van der Waals surface area contributed by atoms with Crippen molar-refractivity contribution in [1.82, 2.24) is 30.6 Å². The summed E-state index contributed by atoms with van der Waals surface area (Å²) in [5, 5.41) is 6.98. The number of aromatic nitrogens is 4. The summed E-state index contributed by atoms with van der Waals surface area (Å²) in [5.74, 6) is 0.991. The lowest BCUT2D eigenvalue weighted by molar-refractivity contribution is -0.119. The topological polar surface area (TPSA) is 145 Å². The van der Waals surface area contributed by atoms with Crippen LogP contribution < -0.4 is 20.1 Å². The fourth-order valence-corrected chi connectivity index (χ4v) is 6.93. The average Bonchev–Trinajstić information content (AvgIpc) is 3.51. The van der Waals surface area contributed by atoms with Crippen LogP contribution in [-0.2, 0) is 27.6 Å². The van der Waals surface area contributed by atoms with E-state index in [0.29, 0.717) is 87.1 Å². The largest absolute Gasteiger partial charge is 0.480 e. The van der Waals surface area contributed by atoms with Gasteiger partial charge in [0.25, 0.3) is 0 Å². The number of sulfone groups is 1. The Morgan fingerprint density at radius 1 is 0.896 bits per heavy atom. The van der Waals surface area contributed by atoms with Crippen LogP contribution in [0.3, 0.4) is 0 Å². The van der Waals surface area contributed by atoms with E-state index in [0.717, 1.165) is 25.0 Å². The van der Waals surface area contributed by atoms with Gasteiger partial charge < -0.3 is 20.1 Å². The fourth-order valence-electron chi connectivity index (χ4n) is 5.54. The summed E-state index contributed by atoms with van der Waals surface area (Å²) in [7, 11) is -0.00178. The van der Waals surface area contributed by atoms with Crippen molar-refractivity contribution >= 4 is 38.9 Å². The number of carbonyl (C=O) groups is 1. The third-order valence-electron chi connectivity index (χ3n) is 8.22. The third-order valence-corrected chi connectivity index (χ3v) is 10.7. The van der Waals surface area contributed by atoms with Gasteiger partial charge in [0.2, 0.25) is 17.7 Å². The van der Waals surface area contributed by atoms with Gasteiger partial charge in [-0.3, -0.25) is 14.8 Å². The van der Waals surface area contributed by atoms with Crippen LogP contribution in [-0.4, -0.2) is 72.6 Å². The molecule has 1 fully saturated rings. The Hall–Kier alpha value is -3.84. The Labute approximate surface area is 290 Å². The Kier molecular flexibility index (Phi) is 11.9. The van der Waals surface area contributed by atoms with Crippen LogP contribution >= 0.6 is 23.2 Å². The lowest BCUT2D eigenvalue weighted by Crippen LogP contribution is -2.25. The molecule has 2 aromatic heterocycles. The molecule has 48 heavy (non-hydrogen) atoms. The molecule has 3 heterocycles. The molecule has 0 saturated carbocycles. The second kappa shape index (κ2) is 16.0. The molecule has 1 saturated heterocycles. The van der Waals surface area contributed by atoms with E-state index in [2.05, 4.69) is 25.6 Å². The standard InChI is InChI=1S/C34H38Cl2N6O5S/c1-4-48(44,45)17-16-37-18-29-34(47-3)42-28(20-39-29)25-12-7-10-23(32(25)36)22-9-6-11-24(31(22)35)27-19-38-26(33(41-27)46-2)13-5-8-21-14-15-30(43)40-21/h6-7,9-12,19-21,37H,4-5,8,13-18H2,1-3H3,(H,40,43)/t21-/m1/s1. The predicted molar refractivity (Wildman–Crippen MR) is 187 cm³/mol. The van der Waals surface area contributed by atoms with Crippen LogP contribution in [0.4, 0.5) is 0 Å². The van der Waals surface area contributed by atoms with Crippen molar-refractivity contribution in [3.63, 3.8) is 0 Å². The molecule has 1 aliphatic rings. The minimum atomic E-state index is -3.07. The SMILES string of the molecule is CCS(=O)(=O)CCNCc1ncc(-c2cccc(-c3cccc(-c4cnc(CCC[C@@H]5CCC(=O)N5)c(OC)n4)c3Cl)c2Cl)nc1OC. The van der Waals surface area contributed by atoms with Crippen molar-refractivity contribution < 1.29 is 22.7 Å². The van der Waals surface area contributed by atoms with E-state index in [9.17, 15) is 13.2 Å². The Balaban J connectivity index is 1.36. The van der Waals surface area contributed by atoms with Crippen LogP contribution in [0.15, 0.2) is 48.8 Å². The summed E-state index contributed by atoms with van der Waals surface area (Å²) in [6, 6.07) is 11.4. The highest BCUT2D eigenvalue weighted by Crippen LogP contribution is 2.42. The highest BCUT2D eigenvalue weighted by molar-refractivity contribution is 7.91. The van der Waals surface area contributed by atoms with E-state index in [-0.39, 0.29) is 23.5 Å². The number of methoxy groups -OCH3 is 2. The number of benzene rings is 2. The average molecular weight is 714 g/mol. The molecule has 0 bridgehead atoms. The molecule has 0 radical (unpaired) electrons. The molecule has 0 spiro atoms. The Morgan fingerprint density at radius 3 is 2.00 bits per heavy atom. The summed E-state index contributed by atoms with van der Waals surface area (Å²) < 4.78 is 34.7. The minimum absolute atomic E-state index is 0.0399. The van der Waals surface area contributed by atoms with Gasteiger partial charge in [0, 0.05) is 53.6 Å². The number of rotatable bonds is 15. The normalized spacial score (nSPS) is 14.6. The van der Waals surface area contributed by atoms with Crippen LogP contribution in [0.2, 0.25) is 10.0 Å². The first-order valence-corrected chi connectivity index (χ1v) is 18.3. The molecule has 254 valence electrons. The van der Waals surface area contributed by atoms with Gasteiger partial charge >= 0.3 is 0 Å². The number of hydrogen-bond acceptors (Lipinski definition) is 10. The first kappa shape index (κ1) is 35.5. The highest BCUT2D eigenvalue weighted by atomic mass is 35.5. The lowest BCUT2D eigenvalue weighted by atomic mass is 9.98. The van der Waals surface area contributed by atoms with Crippen molar-refractivity contribution in [3.8, 4) is 45.4 Å². The lowest BCUT2D eigenvalue weighted by Gasteiger charge is -2.15. The van der Waals surface area contributed by atoms with E-state index >= 15 is 0 Å². The zero-order chi connectivity index (χ0) is 34.3. The molecule has 1 amide bonds. The summed E-state index contributed by atoms with van der Waals surface area (Å²) in [4.78, 5) is 30.1. The molecule has 4 aromatic rings. The van der Waals surface area contributed by atoms with Crippen molar-refractivity contribution in [2.24, 2.45) is 0 Å². The first-order chi connectivity index (χ1) is 23.1. The maximum Gasteiger partial charge on any atom is 0.237 e. The zero-order valence-electron chi connectivity index (χ0n) is 27.1. The number of hydrogen-bond donors (Lipinski definition) is 2. The quantitative estimate of drug-likeness (QED) is 0.147. The van der Waals surface area contributed by atoms with Gasteiger partial charge in [-0.05, 0) is 25.7 Å². The second-order valence-corrected chi connectivity index (χ2v) is 14.6. The number of nitrogens with one attached hydrogen (secondary N) is 2. The van der Waals surface area contributed by atoms with E-state index < -0.39 is 9.84 Å². The van der Waals surface area contributed by atoms with Crippen LogP contribution in [0.25, 0.3) is 33.6 Å². The van der Waals surface area contributed by atoms with Crippen LogP contribution in [0.5, 0.6) is 11.8 Å². The number of ether oxygens (including phenoxy) is 2. The summed E-state index contributed by atoms with van der Waals surface area (Å²) in [6.45, 7) is 2.21. The van der Waals surface area contributed by atoms with Crippen molar-refractivity contribution in [1.29, 1.82) is 0 Å². The van der Waals surface area contributed by atoms with Gasteiger partial charge in [-0.15, -0.1) is 0 Å². The summed E-state index contributed by atoms with van der Waals surface area (Å²) in [6.07, 6.45) is 7.15. The zero-order valence-corrected chi connectivity index (χ0v) is 29.4.